The average molecular weight is 377 g/mol. The Hall–Kier alpha value is -3.16. The van der Waals surface area contributed by atoms with Gasteiger partial charge in [-0.3, -0.25) is 19.6 Å². The van der Waals surface area contributed by atoms with Crippen LogP contribution >= 0.6 is 0 Å². The number of hydrogen-bond acceptors (Lipinski definition) is 6. The van der Waals surface area contributed by atoms with Crippen molar-refractivity contribution in [1.29, 1.82) is 0 Å². The van der Waals surface area contributed by atoms with Gasteiger partial charge in [0.15, 0.2) is 12.1 Å². The van der Waals surface area contributed by atoms with Crippen LogP contribution in [0.2, 0.25) is 0 Å². The van der Waals surface area contributed by atoms with Crippen LogP contribution in [0.25, 0.3) is 17.0 Å². The summed E-state index contributed by atoms with van der Waals surface area (Å²) in [5, 5.41) is 0.935. The number of aromatic nitrogens is 3. The number of pyridine rings is 3. The van der Waals surface area contributed by atoms with Crippen molar-refractivity contribution >= 4 is 22.8 Å². The van der Waals surface area contributed by atoms with Gasteiger partial charge in [0, 0.05) is 42.7 Å². The fourth-order valence-electron chi connectivity index (χ4n) is 3.17. The summed E-state index contributed by atoms with van der Waals surface area (Å²) in [6, 6.07) is 7.03. The first-order chi connectivity index (χ1) is 13.7. The Morgan fingerprint density at radius 2 is 1.75 bits per heavy atom. The Kier molecular flexibility index (Phi) is 5.36. The van der Waals surface area contributed by atoms with E-state index in [0.717, 1.165) is 22.0 Å². The van der Waals surface area contributed by atoms with E-state index in [1.165, 1.54) is 0 Å². The standard InChI is InChI=1S/C12H12N2O3.C9H7NO/c15-11-2-1-9-7-13-4-3-10(9)14(11)8-12-16-5-6-17-12;11-9-2-1-8-6-10-4-3-7(8)5-9/h1-4,7,12H,5-6,8H2;1-4,6H,5H2. The lowest BCUT2D eigenvalue weighted by molar-refractivity contribution is -0.114. The van der Waals surface area contributed by atoms with E-state index in [4.69, 9.17) is 9.47 Å². The molecule has 5 rings (SSSR count). The molecule has 3 aromatic rings. The molecule has 1 aliphatic carbocycles. The molecule has 142 valence electrons. The molecule has 0 unspecified atom stereocenters. The van der Waals surface area contributed by atoms with Crippen LogP contribution in [0, 0.1) is 0 Å². The predicted octanol–water partition coefficient (Wildman–Crippen LogP) is 1.99. The smallest absolute Gasteiger partial charge is 0.251 e. The van der Waals surface area contributed by atoms with E-state index in [1.54, 1.807) is 47.6 Å². The number of carbonyl (C=O) groups excluding carboxylic acids is 1. The number of nitrogens with zero attached hydrogens (tertiary/aromatic N) is 3. The number of carbonyl (C=O) groups is 1. The van der Waals surface area contributed by atoms with Crippen LogP contribution < -0.4 is 5.56 Å². The maximum atomic E-state index is 11.9. The molecule has 28 heavy (non-hydrogen) atoms. The molecule has 0 N–H and O–H groups in total. The van der Waals surface area contributed by atoms with Gasteiger partial charge in [-0.2, -0.15) is 0 Å². The first-order valence-corrected chi connectivity index (χ1v) is 9.01. The number of ketones is 1. The molecular weight excluding hydrogens is 358 g/mol. The summed E-state index contributed by atoms with van der Waals surface area (Å²) in [6.07, 6.45) is 10.5. The highest BCUT2D eigenvalue weighted by Crippen LogP contribution is 2.15. The summed E-state index contributed by atoms with van der Waals surface area (Å²) in [4.78, 5) is 30.8. The van der Waals surface area contributed by atoms with Crippen LogP contribution in [0.5, 0.6) is 0 Å². The highest BCUT2D eigenvalue weighted by molar-refractivity contribution is 5.98. The third kappa shape index (κ3) is 4.05. The van der Waals surface area contributed by atoms with E-state index < -0.39 is 0 Å². The summed E-state index contributed by atoms with van der Waals surface area (Å²) in [6.45, 7) is 1.59. The van der Waals surface area contributed by atoms with Crippen molar-refractivity contribution in [3.63, 3.8) is 0 Å². The van der Waals surface area contributed by atoms with Crippen LogP contribution in [0.1, 0.15) is 11.1 Å². The van der Waals surface area contributed by atoms with Gasteiger partial charge in [-0.1, -0.05) is 0 Å². The molecule has 3 aromatic heterocycles. The van der Waals surface area contributed by atoms with Crippen molar-refractivity contribution in [1.82, 2.24) is 14.5 Å². The maximum Gasteiger partial charge on any atom is 0.251 e. The third-order valence-corrected chi connectivity index (χ3v) is 4.57. The van der Waals surface area contributed by atoms with Gasteiger partial charge in [-0.15, -0.1) is 0 Å². The molecule has 0 bridgehead atoms. The Labute approximate surface area is 161 Å². The van der Waals surface area contributed by atoms with Crippen LogP contribution in [-0.4, -0.2) is 39.8 Å². The normalized spacial score (nSPS) is 15.9. The molecule has 1 aliphatic heterocycles. The molecule has 7 nitrogen and oxygen atoms in total. The van der Waals surface area contributed by atoms with Crippen LogP contribution in [-0.2, 0) is 27.2 Å². The fourth-order valence-corrected chi connectivity index (χ4v) is 3.17. The van der Waals surface area contributed by atoms with E-state index in [2.05, 4.69) is 9.97 Å². The van der Waals surface area contributed by atoms with Gasteiger partial charge in [0.05, 0.1) is 25.3 Å². The highest BCUT2D eigenvalue weighted by Gasteiger charge is 2.17. The topological polar surface area (TPSA) is 83.3 Å². The van der Waals surface area contributed by atoms with Crippen molar-refractivity contribution in [3.8, 4) is 0 Å². The summed E-state index contributed by atoms with van der Waals surface area (Å²) in [5.74, 6) is 0.170. The van der Waals surface area contributed by atoms with Gasteiger partial charge in [0.1, 0.15) is 0 Å². The third-order valence-electron chi connectivity index (χ3n) is 4.57. The second-order valence-electron chi connectivity index (χ2n) is 6.44. The van der Waals surface area contributed by atoms with E-state index >= 15 is 0 Å². The van der Waals surface area contributed by atoms with E-state index in [1.807, 2.05) is 18.2 Å². The quantitative estimate of drug-likeness (QED) is 0.679. The van der Waals surface area contributed by atoms with E-state index in [-0.39, 0.29) is 17.6 Å². The number of fused-ring (bicyclic) bond motifs is 2. The predicted molar refractivity (Wildman–Crippen MR) is 104 cm³/mol. The first kappa shape index (κ1) is 18.2. The monoisotopic (exact) mass is 377 g/mol. The molecule has 0 amide bonds. The SMILES string of the molecule is O=C1C=Cc2cnccc2C1.O=c1ccc2cnccc2n1CC1OCCO1. The van der Waals surface area contributed by atoms with Crippen molar-refractivity contribution in [2.75, 3.05) is 13.2 Å². The maximum absolute atomic E-state index is 11.9. The first-order valence-electron chi connectivity index (χ1n) is 9.01. The number of rotatable bonds is 2. The number of ether oxygens (including phenoxy) is 2. The minimum Gasteiger partial charge on any atom is -0.348 e. The van der Waals surface area contributed by atoms with Gasteiger partial charge < -0.3 is 14.0 Å². The number of allylic oxidation sites excluding steroid dienone is 1. The summed E-state index contributed by atoms with van der Waals surface area (Å²) < 4.78 is 12.4. The molecule has 1 saturated heterocycles. The van der Waals surface area contributed by atoms with Crippen LogP contribution in [0.3, 0.4) is 0 Å². The lowest BCUT2D eigenvalue weighted by Gasteiger charge is -2.13. The fraction of sp³-hybridized carbons (Fsp3) is 0.238. The number of hydrogen-bond donors (Lipinski definition) is 0. The Morgan fingerprint density at radius 1 is 0.964 bits per heavy atom. The zero-order valence-corrected chi connectivity index (χ0v) is 15.2. The zero-order valence-electron chi connectivity index (χ0n) is 15.2. The second-order valence-corrected chi connectivity index (χ2v) is 6.44. The molecule has 7 heteroatoms. The Balaban J connectivity index is 0.000000151. The van der Waals surface area contributed by atoms with Gasteiger partial charge in [-0.05, 0) is 41.5 Å². The largest absolute Gasteiger partial charge is 0.348 e. The lowest BCUT2D eigenvalue weighted by Crippen LogP contribution is -2.26. The van der Waals surface area contributed by atoms with Gasteiger partial charge in [-0.25, -0.2) is 0 Å². The lowest BCUT2D eigenvalue weighted by atomic mass is 9.99. The molecule has 0 atom stereocenters. The average Bonchev–Trinajstić information content (AvgIpc) is 3.24. The molecule has 1 fully saturated rings. The molecule has 4 heterocycles. The Morgan fingerprint density at radius 3 is 2.61 bits per heavy atom. The van der Waals surface area contributed by atoms with Gasteiger partial charge in [0.2, 0.25) is 0 Å². The molecule has 2 aliphatic rings. The minimum absolute atomic E-state index is 0.0530. The molecule has 0 spiro atoms. The van der Waals surface area contributed by atoms with Crippen LogP contribution in [0.4, 0.5) is 0 Å². The van der Waals surface area contributed by atoms with Crippen molar-refractivity contribution in [2.24, 2.45) is 0 Å². The molecule has 0 saturated carbocycles. The van der Waals surface area contributed by atoms with Crippen molar-refractivity contribution in [3.05, 3.63) is 76.6 Å². The summed E-state index contributed by atoms with van der Waals surface area (Å²) in [7, 11) is 0. The molecule has 0 radical (unpaired) electrons. The summed E-state index contributed by atoms with van der Waals surface area (Å²) >= 11 is 0. The van der Waals surface area contributed by atoms with Crippen molar-refractivity contribution < 1.29 is 14.3 Å². The van der Waals surface area contributed by atoms with E-state index in [9.17, 15) is 9.59 Å². The molecule has 0 aromatic carbocycles. The van der Waals surface area contributed by atoms with Crippen LogP contribution in [0.15, 0.2) is 59.9 Å². The van der Waals surface area contributed by atoms with E-state index in [0.29, 0.717) is 26.2 Å². The Bertz CT molecular complexity index is 1080. The van der Waals surface area contributed by atoms with Gasteiger partial charge in [0.25, 0.3) is 5.56 Å². The van der Waals surface area contributed by atoms with Crippen molar-refractivity contribution in [2.45, 2.75) is 19.3 Å². The van der Waals surface area contributed by atoms with Gasteiger partial charge >= 0.3 is 0 Å². The minimum atomic E-state index is -0.327. The molecular formula is C21H19N3O4. The summed E-state index contributed by atoms with van der Waals surface area (Å²) in [5.41, 5.74) is 2.94. The second kappa shape index (κ2) is 8.24. The highest BCUT2D eigenvalue weighted by atomic mass is 16.7. The zero-order chi connectivity index (χ0) is 19.3.